The monoisotopic (exact) mass is 570 g/mol. The van der Waals surface area contributed by atoms with E-state index in [1.54, 1.807) is 42.5 Å². The maximum atomic E-state index is 13.1. The highest BCUT2D eigenvalue weighted by Gasteiger charge is 2.33. The van der Waals surface area contributed by atoms with E-state index in [2.05, 4.69) is 15.9 Å². The van der Waals surface area contributed by atoms with Crippen molar-refractivity contribution in [1.29, 1.82) is 0 Å². The highest BCUT2D eigenvalue weighted by molar-refractivity contribution is 9.10. The van der Waals surface area contributed by atoms with Gasteiger partial charge in [0.1, 0.15) is 6.61 Å². The molecule has 35 heavy (non-hydrogen) atoms. The van der Waals surface area contributed by atoms with Crippen LogP contribution in [0, 0.1) is 10.1 Å². The zero-order valence-electron chi connectivity index (χ0n) is 18.5. The summed E-state index contributed by atoms with van der Waals surface area (Å²) in [5, 5.41) is 11.3. The molecule has 0 N–H and O–H groups in total. The number of anilines is 1. The molecule has 0 spiro atoms. The molecule has 1 amide bonds. The second-order valence-electron chi connectivity index (χ2n) is 7.31. The van der Waals surface area contributed by atoms with Crippen LogP contribution in [-0.2, 0) is 11.4 Å². The van der Waals surface area contributed by atoms with Gasteiger partial charge < -0.3 is 9.47 Å². The minimum absolute atomic E-state index is 0.00504. The number of benzene rings is 3. The molecule has 0 saturated carbocycles. The van der Waals surface area contributed by atoms with E-state index in [4.69, 9.17) is 21.7 Å². The van der Waals surface area contributed by atoms with E-state index in [0.29, 0.717) is 38.6 Å². The van der Waals surface area contributed by atoms with Gasteiger partial charge in [0.25, 0.3) is 11.6 Å². The number of rotatable bonds is 8. The van der Waals surface area contributed by atoms with E-state index in [-0.39, 0.29) is 18.2 Å². The predicted octanol–water partition coefficient (Wildman–Crippen LogP) is 6.74. The van der Waals surface area contributed by atoms with Crippen molar-refractivity contribution in [2.24, 2.45) is 0 Å². The molecule has 1 aliphatic rings. The molecule has 0 aliphatic carbocycles. The van der Waals surface area contributed by atoms with Gasteiger partial charge >= 0.3 is 0 Å². The normalized spacial score (nSPS) is 14.5. The number of carbonyl (C=O) groups excluding carboxylic acids is 1. The highest BCUT2D eigenvalue weighted by Crippen LogP contribution is 2.38. The summed E-state index contributed by atoms with van der Waals surface area (Å²) in [5.41, 5.74) is 1.88. The lowest BCUT2D eigenvalue weighted by atomic mass is 10.1. The number of thiocarbonyl (C=S) groups is 1. The summed E-state index contributed by atoms with van der Waals surface area (Å²) < 4.78 is 12.9. The molecule has 0 radical (unpaired) electrons. The first kappa shape index (κ1) is 24.9. The molecule has 0 unspecified atom stereocenters. The van der Waals surface area contributed by atoms with Gasteiger partial charge in [-0.15, -0.1) is 0 Å². The molecule has 0 atom stereocenters. The van der Waals surface area contributed by atoms with E-state index >= 15 is 0 Å². The zero-order chi connectivity index (χ0) is 24.9. The summed E-state index contributed by atoms with van der Waals surface area (Å²) in [6.07, 6.45) is 1.76. The Kier molecular flexibility index (Phi) is 7.84. The average molecular weight is 571 g/mol. The van der Waals surface area contributed by atoms with Crippen molar-refractivity contribution < 1.29 is 19.2 Å². The molecule has 1 heterocycles. The SMILES string of the molecule is CCOc1cc(/C=C2/SC(=S)N(c3cccc(Br)c3)C2=O)ccc1OCc1ccccc1[N+](=O)[O-]. The van der Waals surface area contributed by atoms with E-state index in [1.807, 2.05) is 31.2 Å². The minimum atomic E-state index is -0.435. The smallest absolute Gasteiger partial charge is 0.276 e. The molecular formula is C25H19BrN2O5S2. The molecule has 1 fully saturated rings. The van der Waals surface area contributed by atoms with Crippen LogP contribution in [0.25, 0.3) is 6.08 Å². The molecule has 7 nitrogen and oxygen atoms in total. The van der Waals surface area contributed by atoms with Crippen LogP contribution >= 0.6 is 39.9 Å². The van der Waals surface area contributed by atoms with Crippen molar-refractivity contribution in [3.8, 4) is 11.5 Å². The highest BCUT2D eigenvalue weighted by atomic mass is 79.9. The molecule has 3 aromatic rings. The van der Waals surface area contributed by atoms with Crippen LogP contribution in [-0.4, -0.2) is 21.8 Å². The van der Waals surface area contributed by atoms with Gasteiger partial charge in [0.2, 0.25) is 0 Å². The third-order valence-corrected chi connectivity index (χ3v) is 6.79. The van der Waals surface area contributed by atoms with Crippen molar-refractivity contribution in [2.75, 3.05) is 11.5 Å². The van der Waals surface area contributed by atoms with Gasteiger partial charge in [-0.2, -0.15) is 0 Å². The molecule has 1 aliphatic heterocycles. The van der Waals surface area contributed by atoms with Crippen molar-refractivity contribution in [2.45, 2.75) is 13.5 Å². The Bertz CT molecular complexity index is 1340. The third kappa shape index (κ3) is 5.72. The lowest BCUT2D eigenvalue weighted by Gasteiger charge is -2.14. The summed E-state index contributed by atoms with van der Waals surface area (Å²) in [4.78, 5) is 25.9. The van der Waals surface area contributed by atoms with Crippen LogP contribution in [0.4, 0.5) is 11.4 Å². The van der Waals surface area contributed by atoms with Crippen LogP contribution in [0.15, 0.2) is 76.1 Å². The quantitative estimate of drug-likeness (QED) is 0.128. The number of carbonyl (C=O) groups is 1. The number of para-hydroxylation sites is 1. The second kappa shape index (κ2) is 11.0. The van der Waals surface area contributed by atoms with Gasteiger partial charge in [-0.05, 0) is 55.0 Å². The number of amides is 1. The molecule has 3 aromatic carbocycles. The van der Waals surface area contributed by atoms with E-state index < -0.39 is 4.92 Å². The number of hydrogen-bond acceptors (Lipinski definition) is 7. The zero-order valence-corrected chi connectivity index (χ0v) is 21.7. The first-order valence-corrected chi connectivity index (χ1v) is 12.5. The molecular weight excluding hydrogens is 552 g/mol. The number of halogens is 1. The fraction of sp³-hybridized carbons (Fsp3) is 0.120. The minimum Gasteiger partial charge on any atom is -0.490 e. The molecule has 10 heteroatoms. The first-order valence-electron chi connectivity index (χ1n) is 10.5. The van der Waals surface area contributed by atoms with Crippen molar-refractivity contribution in [3.05, 3.63) is 97.3 Å². The molecule has 0 bridgehead atoms. The Morgan fingerprint density at radius 1 is 1.09 bits per heavy atom. The standard InChI is InChI=1S/C25H19BrN2O5S2/c1-2-32-22-12-16(10-11-21(22)33-15-17-6-3-4-9-20(17)28(30)31)13-23-24(29)27(25(34)35-23)19-8-5-7-18(26)14-19/h3-14H,2,15H2,1H3/b23-13+. The molecule has 4 rings (SSSR count). The molecule has 178 valence electrons. The Labute approximate surface area is 220 Å². The Hall–Kier alpha value is -3.21. The summed E-state index contributed by atoms with van der Waals surface area (Å²) >= 11 is 10.1. The second-order valence-corrected chi connectivity index (χ2v) is 9.90. The van der Waals surface area contributed by atoms with Crippen molar-refractivity contribution >= 4 is 67.6 Å². The van der Waals surface area contributed by atoms with Crippen LogP contribution in [0.3, 0.4) is 0 Å². The maximum Gasteiger partial charge on any atom is 0.276 e. The van der Waals surface area contributed by atoms with Crippen LogP contribution in [0.2, 0.25) is 0 Å². The van der Waals surface area contributed by atoms with E-state index in [1.165, 1.54) is 22.7 Å². The van der Waals surface area contributed by atoms with Gasteiger partial charge in [0, 0.05) is 10.5 Å². The van der Waals surface area contributed by atoms with Gasteiger partial charge in [-0.3, -0.25) is 19.8 Å². The lowest BCUT2D eigenvalue weighted by Crippen LogP contribution is -2.27. The fourth-order valence-electron chi connectivity index (χ4n) is 3.43. The van der Waals surface area contributed by atoms with Crippen LogP contribution in [0.1, 0.15) is 18.1 Å². The van der Waals surface area contributed by atoms with Gasteiger partial charge in [-0.25, -0.2) is 0 Å². The molecule has 1 saturated heterocycles. The van der Waals surface area contributed by atoms with Crippen LogP contribution < -0.4 is 14.4 Å². The number of nitro benzene ring substituents is 1. The predicted molar refractivity (Wildman–Crippen MR) is 145 cm³/mol. The maximum absolute atomic E-state index is 13.1. The van der Waals surface area contributed by atoms with Gasteiger partial charge in [0.15, 0.2) is 15.8 Å². The summed E-state index contributed by atoms with van der Waals surface area (Å²) in [6.45, 7) is 2.26. The Balaban J connectivity index is 1.56. The van der Waals surface area contributed by atoms with Gasteiger partial charge in [-0.1, -0.05) is 64.2 Å². The third-order valence-electron chi connectivity index (χ3n) is 5.00. The topological polar surface area (TPSA) is 81.9 Å². The number of thioether (sulfide) groups is 1. The summed E-state index contributed by atoms with van der Waals surface area (Å²) in [7, 11) is 0. The van der Waals surface area contributed by atoms with E-state index in [9.17, 15) is 14.9 Å². The fourth-order valence-corrected chi connectivity index (χ4v) is 5.11. The van der Waals surface area contributed by atoms with E-state index in [0.717, 1.165) is 10.0 Å². The van der Waals surface area contributed by atoms with Crippen LogP contribution in [0.5, 0.6) is 11.5 Å². The Morgan fingerprint density at radius 3 is 2.63 bits per heavy atom. The average Bonchev–Trinajstić information content (AvgIpc) is 3.11. The summed E-state index contributed by atoms with van der Waals surface area (Å²) in [5.74, 6) is 0.721. The van der Waals surface area contributed by atoms with Crippen molar-refractivity contribution in [1.82, 2.24) is 0 Å². The van der Waals surface area contributed by atoms with Crippen molar-refractivity contribution in [3.63, 3.8) is 0 Å². The number of ether oxygens (including phenoxy) is 2. The molecule has 0 aromatic heterocycles. The largest absolute Gasteiger partial charge is 0.490 e. The summed E-state index contributed by atoms with van der Waals surface area (Å²) in [6, 6.07) is 19.1. The van der Waals surface area contributed by atoms with Gasteiger partial charge in [0.05, 0.1) is 27.7 Å². The first-order chi connectivity index (χ1) is 16.9. The number of nitro groups is 1. The number of hydrogen-bond donors (Lipinski definition) is 0. The number of nitrogens with zero attached hydrogens (tertiary/aromatic N) is 2. The Morgan fingerprint density at radius 2 is 1.89 bits per heavy atom. The lowest BCUT2D eigenvalue weighted by molar-refractivity contribution is -0.385.